The van der Waals surface area contributed by atoms with Crippen molar-refractivity contribution in [2.75, 3.05) is 23.3 Å². The number of aromatic nitrogens is 4. The van der Waals surface area contributed by atoms with Gasteiger partial charge in [0.25, 0.3) is 5.56 Å². The van der Waals surface area contributed by atoms with Gasteiger partial charge in [-0.1, -0.05) is 13.0 Å². The third-order valence-electron chi connectivity index (χ3n) is 6.06. The predicted octanol–water partition coefficient (Wildman–Crippen LogP) is 1.35. The van der Waals surface area contributed by atoms with Gasteiger partial charge in [-0.3, -0.25) is 18.7 Å². The van der Waals surface area contributed by atoms with Crippen LogP contribution < -0.4 is 27.2 Å². The first-order valence-electron chi connectivity index (χ1n) is 11.6. The first-order valence-corrected chi connectivity index (χ1v) is 11.6. The lowest BCUT2D eigenvalue weighted by molar-refractivity contribution is -0.116. The molecule has 1 atom stereocenters. The summed E-state index contributed by atoms with van der Waals surface area (Å²) in [5, 5.41) is 11.2. The van der Waals surface area contributed by atoms with Crippen molar-refractivity contribution in [3.8, 4) is 6.07 Å². The van der Waals surface area contributed by atoms with E-state index in [-0.39, 0.29) is 28.5 Å². The Morgan fingerprint density at radius 2 is 2.17 bits per heavy atom. The Balaban J connectivity index is 1.77. The average molecular weight is 495 g/mol. The Kier molecular flexibility index (Phi) is 7.03. The molecule has 0 saturated carbocycles. The molecule has 3 aromatic rings. The number of nitriles is 1. The number of allylic oxidation sites excluding steroid dienone is 1. The maximum atomic E-state index is 14.2. The third-order valence-corrected chi connectivity index (χ3v) is 6.06. The number of imidazole rings is 1. The van der Waals surface area contributed by atoms with Crippen molar-refractivity contribution in [1.29, 1.82) is 5.26 Å². The van der Waals surface area contributed by atoms with Gasteiger partial charge in [-0.05, 0) is 37.5 Å². The van der Waals surface area contributed by atoms with Crippen LogP contribution in [0.1, 0.15) is 31.7 Å². The van der Waals surface area contributed by atoms with E-state index in [2.05, 4.69) is 10.3 Å². The second-order valence-corrected chi connectivity index (χ2v) is 8.68. The summed E-state index contributed by atoms with van der Waals surface area (Å²) in [7, 11) is 1.48. The first kappa shape index (κ1) is 24.9. The molecule has 2 aromatic heterocycles. The van der Waals surface area contributed by atoms with E-state index < -0.39 is 29.5 Å². The molecule has 3 N–H and O–H groups in total. The molecule has 1 aliphatic heterocycles. The Labute approximate surface area is 205 Å². The van der Waals surface area contributed by atoms with Crippen LogP contribution >= 0.6 is 0 Å². The third kappa shape index (κ3) is 4.65. The number of amides is 1. The van der Waals surface area contributed by atoms with Gasteiger partial charge in [0, 0.05) is 32.4 Å². The molecule has 0 radical (unpaired) electrons. The Morgan fingerprint density at radius 3 is 2.83 bits per heavy atom. The molecule has 1 aliphatic rings. The van der Waals surface area contributed by atoms with E-state index >= 15 is 0 Å². The minimum Gasteiger partial charge on any atom is -0.340 e. The number of carbonyl (C=O) groups excluding carboxylic acids is 1. The van der Waals surface area contributed by atoms with Crippen LogP contribution in [0.4, 0.5) is 16.0 Å². The lowest BCUT2D eigenvalue weighted by Gasteiger charge is -2.31. The summed E-state index contributed by atoms with van der Waals surface area (Å²) < 4.78 is 17.9. The zero-order chi connectivity index (χ0) is 26.0. The normalized spacial score (nSPS) is 16.0. The second kappa shape index (κ2) is 10.2. The largest absolute Gasteiger partial charge is 0.340 e. The van der Waals surface area contributed by atoms with Gasteiger partial charge >= 0.3 is 5.69 Å². The number of rotatable bonds is 6. The molecule has 1 aromatic carbocycles. The van der Waals surface area contributed by atoms with Gasteiger partial charge in [-0.15, -0.1) is 0 Å². The molecule has 12 heteroatoms. The number of carbonyl (C=O) groups is 1. The minimum absolute atomic E-state index is 0.0334. The highest BCUT2D eigenvalue weighted by molar-refractivity contribution is 5.91. The number of benzene rings is 1. The summed E-state index contributed by atoms with van der Waals surface area (Å²) >= 11 is 0. The molecular weight excluding hydrogens is 467 g/mol. The molecule has 0 bridgehead atoms. The summed E-state index contributed by atoms with van der Waals surface area (Å²) in [4.78, 5) is 45.8. The van der Waals surface area contributed by atoms with Crippen LogP contribution in [0, 0.1) is 17.1 Å². The summed E-state index contributed by atoms with van der Waals surface area (Å²) in [6.07, 6.45) is 6.06. The summed E-state index contributed by atoms with van der Waals surface area (Å²) in [6.45, 7) is 2.59. The molecule has 3 heterocycles. The molecule has 11 nitrogen and oxygen atoms in total. The van der Waals surface area contributed by atoms with Crippen molar-refractivity contribution in [3.63, 3.8) is 0 Å². The van der Waals surface area contributed by atoms with Crippen molar-refractivity contribution in [2.45, 2.75) is 38.8 Å². The van der Waals surface area contributed by atoms with Gasteiger partial charge < -0.3 is 16.0 Å². The molecule has 4 rings (SSSR count). The number of fused-ring (bicyclic) bond motifs is 1. The molecule has 1 saturated heterocycles. The van der Waals surface area contributed by atoms with Gasteiger partial charge in [-0.2, -0.15) is 10.2 Å². The van der Waals surface area contributed by atoms with Gasteiger partial charge in [0.2, 0.25) is 11.9 Å². The molecule has 1 unspecified atom stereocenters. The monoisotopic (exact) mass is 494 g/mol. The van der Waals surface area contributed by atoms with E-state index in [9.17, 15) is 18.8 Å². The number of hydrogen-bond donors (Lipinski definition) is 2. The SMILES string of the molecule is CCC=Cn1c(N2CCCC(N)C2)nc2c1c(=O)n(CC(=O)Nc1ccc(C#N)cc1F)c(=O)n2C. The van der Waals surface area contributed by atoms with Crippen LogP contribution in [0.2, 0.25) is 0 Å². The first-order chi connectivity index (χ1) is 17.2. The summed E-state index contributed by atoms with van der Waals surface area (Å²) in [5.41, 5.74) is 5.01. The Bertz CT molecular complexity index is 1510. The quantitative estimate of drug-likeness (QED) is 0.526. The highest BCUT2D eigenvalue weighted by Crippen LogP contribution is 2.23. The van der Waals surface area contributed by atoms with E-state index in [1.165, 1.54) is 23.7 Å². The van der Waals surface area contributed by atoms with E-state index in [4.69, 9.17) is 11.0 Å². The van der Waals surface area contributed by atoms with Crippen molar-refractivity contribution < 1.29 is 9.18 Å². The van der Waals surface area contributed by atoms with Gasteiger partial charge in [0.15, 0.2) is 11.2 Å². The lowest BCUT2D eigenvalue weighted by Crippen LogP contribution is -2.44. The fourth-order valence-electron chi connectivity index (χ4n) is 4.25. The van der Waals surface area contributed by atoms with Gasteiger partial charge in [0.05, 0.1) is 17.3 Å². The molecule has 0 spiro atoms. The maximum Gasteiger partial charge on any atom is 0.332 e. The minimum atomic E-state index is -0.801. The summed E-state index contributed by atoms with van der Waals surface area (Å²) in [5.74, 6) is -1.07. The smallest absolute Gasteiger partial charge is 0.332 e. The number of hydrogen-bond acceptors (Lipinski definition) is 7. The number of aryl methyl sites for hydroxylation is 1. The van der Waals surface area contributed by atoms with Crippen molar-refractivity contribution >= 4 is 34.9 Å². The van der Waals surface area contributed by atoms with Crippen LogP contribution in [-0.4, -0.2) is 43.7 Å². The number of anilines is 2. The van der Waals surface area contributed by atoms with Crippen molar-refractivity contribution in [2.24, 2.45) is 12.8 Å². The molecule has 188 valence electrons. The Morgan fingerprint density at radius 1 is 1.39 bits per heavy atom. The number of nitrogens with two attached hydrogens (primary N) is 1. The number of halogens is 1. The zero-order valence-electron chi connectivity index (χ0n) is 20.1. The summed E-state index contributed by atoms with van der Waals surface area (Å²) in [6, 6.07) is 5.36. The zero-order valence-corrected chi connectivity index (χ0v) is 20.1. The van der Waals surface area contributed by atoms with Crippen LogP contribution in [0.15, 0.2) is 33.9 Å². The second-order valence-electron chi connectivity index (χ2n) is 8.68. The van der Waals surface area contributed by atoms with Crippen molar-refractivity contribution in [3.05, 3.63) is 56.5 Å². The van der Waals surface area contributed by atoms with Crippen LogP contribution in [0.25, 0.3) is 17.4 Å². The van der Waals surface area contributed by atoms with Crippen molar-refractivity contribution in [1.82, 2.24) is 18.7 Å². The fourth-order valence-corrected chi connectivity index (χ4v) is 4.25. The topological polar surface area (TPSA) is 144 Å². The van der Waals surface area contributed by atoms with Crippen LogP contribution in [-0.2, 0) is 18.4 Å². The van der Waals surface area contributed by atoms with E-state index in [0.717, 1.165) is 23.5 Å². The fraction of sp³-hybridized carbons (Fsp3) is 0.375. The number of piperidine rings is 1. The van der Waals surface area contributed by atoms with E-state index in [1.807, 2.05) is 24.0 Å². The standard InChI is InChI=1S/C24H27FN8O3/c1-3-4-10-32-20-21(29-23(32)31-9-5-6-16(27)13-31)30(2)24(36)33(22(20)35)14-19(34)28-18-8-7-15(12-26)11-17(18)25/h4,7-8,10-11,16H,3,5-6,9,13-14,27H2,1-2H3,(H,28,34). The molecule has 36 heavy (non-hydrogen) atoms. The molecule has 1 amide bonds. The van der Waals surface area contributed by atoms with E-state index in [0.29, 0.717) is 25.5 Å². The number of nitrogens with zero attached hydrogens (tertiary/aromatic N) is 6. The highest BCUT2D eigenvalue weighted by atomic mass is 19.1. The predicted molar refractivity (Wildman–Crippen MR) is 134 cm³/mol. The van der Waals surface area contributed by atoms with Gasteiger partial charge in [-0.25, -0.2) is 13.8 Å². The number of nitrogens with one attached hydrogen (secondary N) is 1. The lowest BCUT2D eigenvalue weighted by atomic mass is 10.1. The Hall–Kier alpha value is -4.24. The molecule has 1 fully saturated rings. The van der Waals surface area contributed by atoms with Gasteiger partial charge in [0.1, 0.15) is 12.4 Å². The van der Waals surface area contributed by atoms with Crippen LogP contribution in [0.3, 0.4) is 0 Å². The maximum absolute atomic E-state index is 14.2. The van der Waals surface area contributed by atoms with Crippen LogP contribution in [0.5, 0.6) is 0 Å². The van der Waals surface area contributed by atoms with E-state index in [1.54, 1.807) is 10.8 Å². The highest BCUT2D eigenvalue weighted by Gasteiger charge is 2.26. The molecule has 0 aliphatic carbocycles. The average Bonchev–Trinajstić information content (AvgIpc) is 3.25. The molecular formula is C24H27FN8O3.